The molecule has 1 aliphatic rings. The summed E-state index contributed by atoms with van der Waals surface area (Å²) in [6.45, 7) is 1.71. The number of hydrogen-bond acceptors (Lipinski definition) is 2. The van der Waals surface area contributed by atoms with E-state index in [9.17, 15) is 5.26 Å². The van der Waals surface area contributed by atoms with Crippen LogP contribution in [-0.2, 0) is 0 Å². The van der Waals surface area contributed by atoms with Gasteiger partial charge in [-0.15, -0.1) is 0 Å². The van der Waals surface area contributed by atoms with Gasteiger partial charge in [0, 0.05) is 0 Å². The molecule has 0 bridgehead atoms. The molecule has 0 aliphatic carbocycles. The molecule has 0 fully saturated rings. The van der Waals surface area contributed by atoms with Gasteiger partial charge in [-0.1, -0.05) is 0 Å². The van der Waals surface area contributed by atoms with Crippen LogP contribution in [0.4, 0.5) is 0 Å². The molecule has 0 saturated carbocycles. The molecule has 36 heavy (non-hydrogen) atoms. The van der Waals surface area contributed by atoms with Gasteiger partial charge in [-0.25, -0.2) is 0 Å². The van der Waals surface area contributed by atoms with Crippen molar-refractivity contribution in [2.45, 2.75) is 20.7 Å². The Hall–Kier alpha value is -3.94. The van der Waals surface area contributed by atoms with Crippen molar-refractivity contribution in [2.75, 3.05) is 0 Å². The number of rotatable bonds is 3. The maximum atomic E-state index is 10.0. The number of pyridine rings is 1. The summed E-state index contributed by atoms with van der Waals surface area (Å²) in [5, 5.41) is 10.0. The third-order valence-corrected chi connectivity index (χ3v) is 18.2. The van der Waals surface area contributed by atoms with E-state index in [1.165, 1.54) is 34.9 Å². The van der Waals surface area contributed by atoms with Crippen LogP contribution in [0.5, 0.6) is 0 Å². The topological polar surface area (TPSA) is 36.7 Å². The number of fused-ring (bicyclic) bond motifs is 3. The van der Waals surface area contributed by atoms with E-state index in [1.54, 1.807) is 0 Å². The van der Waals surface area contributed by atoms with Crippen molar-refractivity contribution in [2.24, 2.45) is 0 Å². The van der Waals surface area contributed by atoms with Crippen LogP contribution in [0.1, 0.15) is 26.4 Å². The second-order valence-electron chi connectivity index (χ2n) is 9.37. The predicted octanol–water partition coefficient (Wildman–Crippen LogP) is 4.90. The van der Waals surface area contributed by atoms with Crippen molar-refractivity contribution in [1.29, 1.82) is 5.26 Å². The van der Waals surface area contributed by atoms with Crippen LogP contribution in [0.15, 0.2) is 103 Å². The Morgan fingerprint density at radius 1 is 0.722 bits per heavy atom. The van der Waals surface area contributed by atoms with E-state index >= 15 is 0 Å². The van der Waals surface area contributed by atoms with Crippen molar-refractivity contribution in [1.82, 2.24) is 4.98 Å². The van der Waals surface area contributed by atoms with Crippen molar-refractivity contribution >= 4 is 30.8 Å². The fourth-order valence-corrected chi connectivity index (χ4v) is 17.8. The van der Waals surface area contributed by atoms with Gasteiger partial charge in [-0.3, -0.25) is 0 Å². The zero-order chi connectivity index (χ0) is 27.4. The minimum atomic E-state index is -3.69. The summed E-state index contributed by atoms with van der Waals surface area (Å²) in [5.41, 5.74) is 6.84. The molecule has 0 spiro atoms. The summed E-state index contributed by atoms with van der Waals surface area (Å²) in [5.74, 6) is 0. The molecule has 0 saturated heterocycles. The first-order chi connectivity index (χ1) is 18.8. The van der Waals surface area contributed by atoms with Gasteiger partial charge in [0.2, 0.25) is 0 Å². The van der Waals surface area contributed by atoms with Crippen LogP contribution in [0, 0.1) is 32.0 Å². The standard InChI is InChI=1S/C33H26GeN2/c1-22-19-31(36-21-23(22)2)30-16-10-15-28-29-18-17-25(20-35)24(3)32(29)34(33(28)30,26-11-6-4-7-12-26)27-13-8-5-9-14-27/h4-19,21H,1-3H3/i2D3. The maximum absolute atomic E-state index is 10.0. The first-order valence-corrected chi connectivity index (χ1v) is 16.2. The molecular weight excluding hydrogens is 497 g/mol. The Balaban J connectivity index is 1.79. The van der Waals surface area contributed by atoms with Gasteiger partial charge in [0.25, 0.3) is 0 Å². The Kier molecular flexibility index (Phi) is 4.62. The van der Waals surface area contributed by atoms with Gasteiger partial charge in [-0.2, -0.15) is 0 Å². The molecule has 0 atom stereocenters. The minimum absolute atomic E-state index is 0.274. The van der Waals surface area contributed by atoms with Crippen LogP contribution >= 0.6 is 0 Å². The normalized spacial score (nSPS) is 14.6. The predicted molar refractivity (Wildman–Crippen MR) is 151 cm³/mol. The molecule has 172 valence electrons. The van der Waals surface area contributed by atoms with E-state index in [0.29, 0.717) is 11.1 Å². The first-order valence-electron chi connectivity index (χ1n) is 13.5. The van der Waals surface area contributed by atoms with Crippen LogP contribution in [0.2, 0.25) is 0 Å². The van der Waals surface area contributed by atoms with Crippen LogP contribution < -0.4 is 17.6 Å². The molecule has 2 heterocycles. The average Bonchev–Trinajstić information content (AvgIpc) is 3.26. The number of benzene rings is 4. The zero-order valence-electron chi connectivity index (χ0n) is 23.2. The summed E-state index contributed by atoms with van der Waals surface area (Å²) in [7, 11) is 0. The van der Waals surface area contributed by atoms with Gasteiger partial charge >= 0.3 is 220 Å². The van der Waals surface area contributed by atoms with Gasteiger partial charge < -0.3 is 0 Å². The summed E-state index contributed by atoms with van der Waals surface area (Å²) in [6.07, 6.45) is 1.51. The molecule has 0 amide bonds. The Morgan fingerprint density at radius 3 is 1.97 bits per heavy atom. The van der Waals surface area contributed by atoms with Crippen molar-refractivity contribution in [3.05, 3.63) is 126 Å². The Morgan fingerprint density at radius 2 is 1.36 bits per heavy atom. The molecule has 0 unspecified atom stereocenters. The van der Waals surface area contributed by atoms with Crippen LogP contribution in [0.3, 0.4) is 0 Å². The quantitative estimate of drug-likeness (QED) is 0.308. The molecule has 6 rings (SSSR count). The second kappa shape index (κ2) is 8.62. The average molecular weight is 526 g/mol. The van der Waals surface area contributed by atoms with Crippen molar-refractivity contribution in [3.8, 4) is 28.5 Å². The van der Waals surface area contributed by atoms with E-state index in [2.05, 4.69) is 85.8 Å². The molecule has 1 aromatic heterocycles. The van der Waals surface area contributed by atoms with E-state index in [4.69, 9.17) is 9.10 Å². The monoisotopic (exact) mass is 527 g/mol. The van der Waals surface area contributed by atoms with E-state index in [-0.39, 0.29) is 5.56 Å². The summed E-state index contributed by atoms with van der Waals surface area (Å²) >= 11 is -3.69. The summed E-state index contributed by atoms with van der Waals surface area (Å²) in [6, 6.07) is 36.2. The molecule has 2 nitrogen and oxygen atoms in total. The van der Waals surface area contributed by atoms with E-state index < -0.39 is 20.1 Å². The van der Waals surface area contributed by atoms with Crippen molar-refractivity contribution in [3.63, 3.8) is 0 Å². The molecule has 0 radical (unpaired) electrons. The van der Waals surface area contributed by atoms with Crippen LogP contribution in [0.25, 0.3) is 22.4 Å². The first kappa shape index (κ1) is 19.3. The fourth-order valence-electron chi connectivity index (χ4n) is 5.88. The Bertz CT molecular complexity index is 1730. The van der Waals surface area contributed by atoms with Gasteiger partial charge in [0.1, 0.15) is 0 Å². The summed E-state index contributed by atoms with van der Waals surface area (Å²) < 4.78 is 28.9. The molecule has 1 aliphatic heterocycles. The molecule has 0 N–H and O–H groups in total. The molecule has 4 aromatic carbocycles. The fraction of sp³-hybridized carbons (Fsp3) is 0.0909. The van der Waals surface area contributed by atoms with Crippen molar-refractivity contribution < 1.29 is 4.11 Å². The van der Waals surface area contributed by atoms with Gasteiger partial charge in [0.15, 0.2) is 0 Å². The third kappa shape index (κ3) is 3.13. The number of hydrogen-bond donors (Lipinski definition) is 0. The number of aromatic nitrogens is 1. The van der Waals surface area contributed by atoms with Gasteiger partial charge in [0.05, 0.1) is 0 Å². The SMILES string of the molecule is [2H]C([2H])([2H])c1cnc(-c2cccc3[c]2[Ge]([c]2ccccc2)([c]2ccccc2)[c]2c-3ccc(C#N)c2C)cc1C. The van der Waals surface area contributed by atoms with E-state index in [0.717, 1.165) is 16.8 Å². The van der Waals surface area contributed by atoms with E-state index in [1.807, 2.05) is 31.2 Å². The third-order valence-electron chi connectivity index (χ3n) is 7.49. The number of aryl methyl sites for hydroxylation is 2. The van der Waals surface area contributed by atoms with Crippen LogP contribution in [-0.4, -0.2) is 18.3 Å². The molecular formula is C33H26GeN2. The number of nitriles is 1. The number of nitrogens with zero attached hydrogens (tertiary/aromatic N) is 2. The molecule has 5 aromatic rings. The molecule has 3 heteroatoms. The second-order valence-corrected chi connectivity index (χ2v) is 17.0. The zero-order valence-corrected chi connectivity index (χ0v) is 22.3. The van der Waals surface area contributed by atoms with Gasteiger partial charge in [-0.05, 0) is 0 Å². The Labute approximate surface area is 219 Å². The summed E-state index contributed by atoms with van der Waals surface area (Å²) in [4.78, 5) is 4.74.